The van der Waals surface area contributed by atoms with Gasteiger partial charge in [0.1, 0.15) is 11.6 Å². The molecule has 0 saturated carbocycles. The van der Waals surface area contributed by atoms with Crippen LogP contribution in [0.4, 0.5) is 5.69 Å². The number of aromatic nitrogens is 1. The molecule has 0 radical (unpaired) electrons. The van der Waals surface area contributed by atoms with E-state index in [9.17, 15) is 4.79 Å². The lowest BCUT2D eigenvalue weighted by Crippen LogP contribution is -2.31. The molecule has 1 aromatic heterocycles. The molecule has 1 N–H and O–H groups in total. The molecule has 6 nitrogen and oxygen atoms in total. The van der Waals surface area contributed by atoms with Gasteiger partial charge in [-0.25, -0.2) is 4.98 Å². The summed E-state index contributed by atoms with van der Waals surface area (Å²) in [4.78, 5) is 19.4. The van der Waals surface area contributed by atoms with Crippen molar-refractivity contribution in [2.24, 2.45) is 0 Å². The predicted molar refractivity (Wildman–Crippen MR) is 106 cm³/mol. The molecule has 0 aliphatic carbocycles. The van der Waals surface area contributed by atoms with Crippen LogP contribution >= 0.6 is 0 Å². The molecule has 0 spiro atoms. The van der Waals surface area contributed by atoms with Gasteiger partial charge < -0.3 is 19.4 Å². The number of benzene rings is 2. The minimum Gasteiger partial charge on any atom is -0.438 e. The smallest absolute Gasteiger partial charge is 0.254 e. The number of amides is 1. The van der Waals surface area contributed by atoms with Crippen molar-refractivity contribution in [3.63, 3.8) is 0 Å². The first-order valence-corrected chi connectivity index (χ1v) is 9.89. The number of para-hydroxylation sites is 1. The van der Waals surface area contributed by atoms with Crippen LogP contribution in [0.15, 0.2) is 52.9 Å². The van der Waals surface area contributed by atoms with Crippen LogP contribution in [0.25, 0.3) is 11.1 Å². The highest BCUT2D eigenvalue weighted by Gasteiger charge is 2.28. The summed E-state index contributed by atoms with van der Waals surface area (Å²) in [5, 5.41) is 3.51. The van der Waals surface area contributed by atoms with Gasteiger partial charge in [-0.15, -0.1) is 0 Å². The van der Waals surface area contributed by atoms with Crippen molar-refractivity contribution in [2.45, 2.75) is 31.4 Å². The minimum atomic E-state index is -0.0602. The topological polar surface area (TPSA) is 67.6 Å². The Balaban J connectivity index is 1.29. The number of oxazole rings is 1. The highest BCUT2D eigenvalue weighted by Crippen LogP contribution is 2.30. The van der Waals surface area contributed by atoms with Gasteiger partial charge in [0.2, 0.25) is 5.89 Å². The van der Waals surface area contributed by atoms with E-state index in [4.69, 9.17) is 9.15 Å². The Bertz CT molecular complexity index is 979. The predicted octanol–water partition coefficient (Wildman–Crippen LogP) is 4.01. The monoisotopic (exact) mass is 377 g/mol. The average Bonchev–Trinajstić information content (AvgIpc) is 3.47. The molecule has 2 aliphatic heterocycles. The summed E-state index contributed by atoms with van der Waals surface area (Å²) in [5.41, 5.74) is 3.15. The Morgan fingerprint density at radius 3 is 2.86 bits per heavy atom. The standard InChI is InChI=1S/C22H23N3O3/c26-22(25-11-10-17(14-25)23-16-5-2-1-3-6-16)15-8-9-18-20(13-15)28-21(24-18)19-7-4-12-27-19/h1-3,5-6,8-9,13,17,19,23H,4,7,10-12,14H2. The summed E-state index contributed by atoms with van der Waals surface area (Å²) in [7, 11) is 0. The Morgan fingerprint density at radius 1 is 1.14 bits per heavy atom. The normalized spacial score (nSPS) is 22.1. The van der Waals surface area contributed by atoms with Crippen LogP contribution in [0.2, 0.25) is 0 Å². The van der Waals surface area contributed by atoms with Gasteiger partial charge in [-0.05, 0) is 49.6 Å². The number of hydrogen-bond acceptors (Lipinski definition) is 5. The van der Waals surface area contributed by atoms with Gasteiger partial charge in [-0.1, -0.05) is 18.2 Å². The maximum Gasteiger partial charge on any atom is 0.254 e. The number of carbonyl (C=O) groups excluding carboxylic acids is 1. The molecule has 2 unspecified atom stereocenters. The Kier molecular flexibility index (Phi) is 4.49. The highest BCUT2D eigenvalue weighted by atomic mass is 16.5. The average molecular weight is 377 g/mol. The van der Waals surface area contributed by atoms with E-state index in [1.54, 1.807) is 6.07 Å². The summed E-state index contributed by atoms with van der Waals surface area (Å²) in [6, 6.07) is 15.9. The van der Waals surface area contributed by atoms with Gasteiger partial charge in [-0.3, -0.25) is 4.79 Å². The van der Waals surface area contributed by atoms with Crippen LogP contribution in [0.1, 0.15) is 41.6 Å². The maximum absolute atomic E-state index is 13.0. The van der Waals surface area contributed by atoms with Crippen LogP contribution in [-0.4, -0.2) is 41.5 Å². The quantitative estimate of drug-likeness (QED) is 0.744. The van der Waals surface area contributed by atoms with E-state index in [-0.39, 0.29) is 18.1 Å². The molecule has 144 valence electrons. The lowest BCUT2D eigenvalue weighted by Gasteiger charge is -2.17. The van der Waals surface area contributed by atoms with Gasteiger partial charge in [0.05, 0.1) is 0 Å². The lowest BCUT2D eigenvalue weighted by molar-refractivity contribution is 0.0791. The molecule has 2 aliphatic rings. The zero-order valence-corrected chi connectivity index (χ0v) is 15.6. The Labute approximate surface area is 163 Å². The Hall–Kier alpha value is -2.86. The summed E-state index contributed by atoms with van der Waals surface area (Å²) < 4.78 is 11.5. The SMILES string of the molecule is O=C(c1ccc2nc(C3CCCO3)oc2c1)N1CCC(Nc2ccccc2)C1. The largest absolute Gasteiger partial charge is 0.438 e. The molecule has 5 rings (SSSR count). The number of hydrogen-bond donors (Lipinski definition) is 1. The van der Waals surface area contributed by atoms with Crippen molar-refractivity contribution in [1.82, 2.24) is 9.88 Å². The van der Waals surface area contributed by atoms with Crippen molar-refractivity contribution in [3.8, 4) is 0 Å². The van der Waals surface area contributed by atoms with E-state index >= 15 is 0 Å². The molecule has 2 fully saturated rings. The number of ether oxygens (including phenoxy) is 1. The van der Waals surface area contributed by atoms with Crippen molar-refractivity contribution >= 4 is 22.7 Å². The fourth-order valence-corrected chi connectivity index (χ4v) is 4.00. The maximum atomic E-state index is 13.0. The second-order valence-electron chi connectivity index (χ2n) is 7.48. The highest BCUT2D eigenvalue weighted by molar-refractivity contribution is 5.97. The third kappa shape index (κ3) is 3.36. The molecule has 2 atom stereocenters. The summed E-state index contributed by atoms with van der Waals surface area (Å²) in [6.07, 6.45) is 2.84. The fourth-order valence-electron chi connectivity index (χ4n) is 4.00. The number of rotatable bonds is 4. The van der Waals surface area contributed by atoms with E-state index in [0.717, 1.165) is 43.6 Å². The van der Waals surface area contributed by atoms with Crippen LogP contribution < -0.4 is 5.32 Å². The van der Waals surface area contributed by atoms with Gasteiger partial charge >= 0.3 is 0 Å². The molecule has 28 heavy (non-hydrogen) atoms. The second-order valence-corrected chi connectivity index (χ2v) is 7.48. The zero-order chi connectivity index (χ0) is 18.9. The molecule has 2 saturated heterocycles. The lowest BCUT2D eigenvalue weighted by atomic mass is 10.2. The van der Waals surface area contributed by atoms with Gasteiger partial charge in [0.25, 0.3) is 5.91 Å². The number of likely N-dealkylation sites (tertiary alicyclic amines) is 1. The molecular weight excluding hydrogens is 354 g/mol. The molecular formula is C22H23N3O3. The molecule has 2 aromatic carbocycles. The number of anilines is 1. The third-order valence-electron chi connectivity index (χ3n) is 5.48. The van der Waals surface area contributed by atoms with E-state index in [1.807, 2.05) is 47.4 Å². The van der Waals surface area contributed by atoms with Crippen molar-refractivity contribution < 1.29 is 13.9 Å². The molecule has 1 amide bonds. The van der Waals surface area contributed by atoms with E-state index in [0.29, 0.717) is 23.6 Å². The molecule has 3 heterocycles. The van der Waals surface area contributed by atoms with E-state index in [1.165, 1.54) is 0 Å². The zero-order valence-electron chi connectivity index (χ0n) is 15.6. The first-order valence-electron chi connectivity index (χ1n) is 9.89. The van der Waals surface area contributed by atoms with Crippen LogP contribution in [0, 0.1) is 0 Å². The number of fused-ring (bicyclic) bond motifs is 1. The number of carbonyl (C=O) groups is 1. The Morgan fingerprint density at radius 2 is 2.04 bits per heavy atom. The molecule has 0 bridgehead atoms. The third-order valence-corrected chi connectivity index (χ3v) is 5.48. The summed E-state index contributed by atoms with van der Waals surface area (Å²) in [6.45, 7) is 2.20. The van der Waals surface area contributed by atoms with Crippen LogP contribution in [-0.2, 0) is 4.74 Å². The van der Waals surface area contributed by atoms with Crippen LogP contribution in [0.3, 0.4) is 0 Å². The van der Waals surface area contributed by atoms with E-state index in [2.05, 4.69) is 10.3 Å². The fraction of sp³-hybridized carbons (Fsp3) is 0.364. The molecule has 6 heteroatoms. The minimum absolute atomic E-state index is 0.0364. The van der Waals surface area contributed by atoms with Crippen molar-refractivity contribution in [2.75, 3.05) is 25.0 Å². The van der Waals surface area contributed by atoms with Gasteiger partial charge in [0, 0.05) is 37.0 Å². The van der Waals surface area contributed by atoms with Gasteiger partial charge in [0.15, 0.2) is 5.58 Å². The van der Waals surface area contributed by atoms with Gasteiger partial charge in [-0.2, -0.15) is 0 Å². The number of nitrogens with one attached hydrogen (secondary N) is 1. The second kappa shape index (κ2) is 7.28. The first kappa shape index (κ1) is 17.3. The van der Waals surface area contributed by atoms with E-state index < -0.39 is 0 Å². The first-order chi connectivity index (χ1) is 13.8. The summed E-state index contributed by atoms with van der Waals surface area (Å²) in [5.74, 6) is 0.653. The summed E-state index contributed by atoms with van der Waals surface area (Å²) >= 11 is 0. The van der Waals surface area contributed by atoms with Crippen molar-refractivity contribution in [1.29, 1.82) is 0 Å². The molecule has 3 aromatic rings. The van der Waals surface area contributed by atoms with Crippen LogP contribution in [0.5, 0.6) is 0 Å². The number of nitrogens with zero attached hydrogens (tertiary/aromatic N) is 2. The van der Waals surface area contributed by atoms with Crippen molar-refractivity contribution in [3.05, 3.63) is 60.0 Å².